The Labute approximate surface area is 203 Å². The van der Waals surface area contributed by atoms with Crippen LogP contribution in [0.25, 0.3) is 0 Å². The molecule has 13 heteroatoms. The summed E-state index contributed by atoms with van der Waals surface area (Å²) in [6.45, 7) is 6.14. The predicted octanol–water partition coefficient (Wildman–Crippen LogP) is 4.75. The molecule has 36 heavy (non-hydrogen) atoms. The van der Waals surface area contributed by atoms with Crippen molar-refractivity contribution < 1.29 is 40.7 Å². The summed E-state index contributed by atoms with van der Waals surface area (Å²) >= 11 is 0. The minimum absolute atomic E-state index is 0.0644. The molecule has 1 N–H and O–H groups in total. The van der Waals surface area contributed by atoms with Gasteiger partial charge < -0.3 is 19.5 Å². The lowest BCUT2D eigenvalue weighted by Crippen LogP contribution is -2.46. The van der Waals surface area contributed by atoms with Crippen LogP contribution in [0.15, 0.2) is 18.3 Å². The summed E-state index contributed by atoms with van der Waals surface area (Å²) in [5.74, 6) is -5.36. The fraction of sp³-hybridized carbons (Fsp3) is 0.522. The third-order valence-corrected chi connectivity index (χ3v) is 5.62. The summed E-state index contributed by atoms with van der Waals surface area (Å²) in [6, 6.07) is -0.850. The Morgan fingerprint density at radius 2 is 1.75 bits per heavy atom. The summed E-state index contributed by atoms with van der Waals surface area (Å²) in [5, 5.41) is 2.45. The summed E-state index contributed by atoms with van der Waals surface area (Å²) < 4.78 is 87.1. The van der Waals surface area contributed by atoms with Crippen LogP contribution in [-0.4, -0.2) is 44.6 Å². The molecule has 2 aromatic rings. The highest BCUT2D eigenvalue weighted by Gasteiger charge is 2.40. The van der Waals surface area contributed by atoms with Crippen LogP contribution in [0.2, 0.25) is 0 Å². The Hall–Kier alpha value is -3.25. The number of ether oxygens (including phenoxy) is 1. The van der Waals surface area contributed by atoms with Gasteiger partial charge in [0.2, 0.25) is 11.7 Å². The fourth-order valence-electron chi connectivity index (χ4n) is 4.05. The van der Waals surface area contributed by atoms with Crippen LogP contribution in [0, 0.1) is 17.5 Å². The smallest absolute Gasteiger partial charge is 0.444 e. The van der Waals surface area contributed by atoms with E-state index in [4.69, 9.17) is 4.74 Å². The number of carbonyl (C=O) groups excluding carboxylic acids is 2. The number of halogens is 6. The molecule has 3 rings (SSSR count). The van der Waals surface area contributed by atoms with Gasteiger partial charge in [0.05, 0.1) is 17.9 Å². The Bertz CT molecular complexity index is 1140. The standard InChI is InChI=1S/C23H26F6N4O3/c1-12-18-11-30-20(23(27,28)29)33(18)6-5-32(12)19(34)9-14(31-21(35)36-22(2,3)4)7-13-8-16(25)17(26)10-15(13)24/h8,10-12,14H,5-7,9H2,1-4H3,(H,31,35)/t12-,14-/m1/s1. The van der Waals surface area contributed by atoms with E-state index in [9.17, 15) is 35.9 Å². The van der Waals surface area contributed by atoms with Gasteiger partial charge in [0, 0.05) is 31.6 Å². The number of amides is 2. The number of hydrogen-bond donors (Lipinski definition) is 1. The molecule has 0 saturated heterocycles. The summed E-state index contributed by atoms with van der Waals surface area (Å²) in [4.78, 5) is 30.3. The molecule has 2 amide bonds. The van der Waals surface area contributed by atoms with Crippen molar-refractivity contribution in [2.75, 3.05) is 6.54 Å². The topological polar surface area (TPSA) is 76.5 Å². The maximum absolute atomic E-state index is 14.3. The molecular formula is C23H26F6N4O3. The zero-order chi connectivity index (χ0) is 27.0. The first-order valence-corrected chi connectivity index (χ1v) is 11.1. The van der Waals surface area contributed by atoms with Gasteiger partial charge in [-0.15, -0.1) is 0 Å². The SMILES string of the molecule is C[C@@H]1c2cnc(C(F)(F)F)n2CCN1C(=O)C[C@@H](Cc1cc(F)c(F)cc1F)NC(=O)OC(C)(C)C. The molecule has 198 valence electrons. The van der Waals surface area contributed by atoms with Crippen molar-refractivity contribution >= 4 is 12.0 Å². The van der Waals surface area contributed by atoms with Crippen molar-refractivity contribution in [3.63, 3.8) is 0 Å². The third-order valence-electron chi connectivity index (χ3n) is 5.62. The van der Waals surface area contributed by atoms with Crippen LogP contribution >= 0.6 is 0 Å². The first kappa shape index (κ1) is 27.3. The van der Waals surface area contributed by atoms with Gasteiger partial charge in [0.1, 0.15) is 11.4 Å². The van der Waals surface area contributed by atoms with E-state index in [0.717, 1.165) is 10.8 Å². The minimum Gasteiger partial charge on any atom is -0.444 e. The monoisotopic (exact) mass is 520 g/mol. The molecule has 0 fully saturated rings. The molecule has 2 atom stereocenters. The van der Waals surface area contributed by atoms with Crippen molar-refractivity contribution in [3.05, 3.63) is 52.9 Å². The van der Waals surface area contributed by atoms with E-state index < -0.39 is 65.6 Å². The van der Waals surface area contributed by atoms with E-state index in [1.165, 1.54) is 11.8 Å². The molecule has 7 nitrogen and oxygen atoms in total. The molecule has 0 spiro atoms. The van der Waals surface area contributed by atoms with Crippen molar-refractivity contribution in [1.29, 1.82) is 0 Å². The number of nitrogens with zero attached hydrogens (tertiary/aromatic N) is 3. The van der Waals surface area contributed by atoms with Gasteiger partial charge in [0.25, 0.3) is 0 Å². The second-order valence-electron chi connectivity index (χ2n) is 9.53. The Morgan fingerprint density at radius 1 is 1.11 bits per heavy atom. The average molecular weight is 520 g/mol. The van der Waals surface area contributed by atoms with Crippen LogP contribution in [0.3, 0.4) is 0 Å². The number of benzene rings is 1. The summed E-state index contributed by atoms with van der Waals surface area (Å²) in [7, 11) is 0. The second-order valence-corrected chi connectivity index (χ2v) is 9.53. The first-order chi connectivity index (χ1) is 16.6. The Balaban J connectivity index is 1.81. The Morgan fingerprint density at radius 3 is 2.36 bits per heavy atom. The molecule has 2 heterocycles. The first-order valence-electron chi connectivity index (χ1n) is 11.1. The zero-order valence-electron chi connectivity index (χ0n) is 20.0. The molecule has 1 aromatic heterocycles. The van der Waals surface area contributed by atoms with Gasteiger partial charge in [-0.2, -0.15) is 13.2 Å². The van der Waals surface area contributed by atoms with Crippen LogP contribution in [0.5, 0.6) is 0 Å². The minimum atomic E-state index is -4.65. The lowest BCUT2D eigenvalue weighted by Gasteiger charge is -2.36. The van der Waals surface area contributed by atoms with Crippen molar-refractivity contribution in [2.45, 2.75) is 70.9 Å². The summed E-state index contributed by atoms with van der Waals surface area (Å²) in [6.07, 6.45) is -5.28. The van der Waals surface area contributed by atoms with Crippen molar-refractivity contribution in [2.24, 2.45) is 0 Å². The van der Waals surface area contributed by atoms with Gasteiger partial charge in [-0.25, -0.2) is 22.9 Å². The van der Waals surface area contributed by atoms with Crippen LogP contribution in [0.1, 0.15) is 57.2 Å². The maximum Gasteiger partial charge on any atom is 0.449 e. The number of fused-ring (bicyclic) bond motifs is 1. The molecule has 0 aliphatic carbocycles. The number of nitrogens with one attached hydrogen (secondary N) is 1. The molecule has 0 saturated carbocycles. The largest absolute Gasteiger partial charge is 0.449 e. The number of alkyl carbamates (subject to hydrolysis) is 1. The lowest BCUT2D eigenvalue weighted by atomic mass is 10.0. The van der Waals surface area contributed by atoms with Crippen LogP contribution in [-0.2, 0) is 28.7 Å². The lowest BCUT2D eigenvalue weighted by molar-refractivity contribution is -0.148. The van der Waals surface area contributed by atoms with Gasteiger partial charge >= 0.3 is 12.3 Å². The molecule has 0 radical (unpaired) electrons. The molecule has 1 aliphatic heterocycles. The van der Waals surface area contributed by atoms with Gasteiger partial charge in [-0.3, -0.25) is 4.79 Å². The third kappa shape index (κ3) is 6.30. The molecule has 1 aromatic carbocycles. The molecule has 0 unspecified atom stereocenters. The quantitative estimate of drug-likeness (QED) is 0.456. The highest BCUT2D eigenvalue weighted by molar-refractivity contribution is 5.78. The molecule has 1 aliphatic rings. The number of rotatable bonds is 5. The number of imidazole rings is 1. The van der Waals surface area contributed by atoms with Crippen molar-refractivity contribution in [3.8, 4) is 0 Å². The molecule has 0 bridgehead atoms. The van der Waals surface area contributed by atoms with Crippen molar-refractivity contribution in [1.82, 2.24) is 19.8 Å². The number of carbonyl (C=O) groups is 2. The van der Waals surface area contributed by atoms with Crippen LogP contribution in [0.4, 0.5) is 31.1 Å². The van der Waals surface area contributed by atoms with E-state index in [1.54, 1.807) is 20.8 Å². The van der Waals surface area contributed by atoms with Gasteiger partial charge in [0.15, 0.2) is 11.6 Å². The second kappa shape index (κ2) is 10.0. The van der Waals surface area contributed by atoms with E-state index in [1.807, 2.05) is 0 Å². The fourth-order valence-corrected chi connectivity index (χ4v) is 4.05. The van der Waals surface area contributed by atoms with E-state index >= 15 is 0 Å². The highest BCUT2D eigenvalue weighted by Crippen LogP contribution is 2.34. The predicted molar refractivity (Wildman–Crippen MR) is 115 cm³/mol. The normalized spacial score (nSPS) is 16.9. The van der Waals surface area contributed by atoms with Crippen LogP contribution < -0.4 is 5.32 Å². The van der Waals surface area contributed by atoms with E-state index in [2.05, 4.69) is 10.3 Å². The van der Waals surface area contributed by atoms with E-state index in [0.29, 0.717) is 12.1 Å². The number of alkyl halides is 3. The van der Waals surface area contributed by atoms with Gasteiger partial charge in [-0.1, -0.05) is 0 Å². The Kier molecular flexibility index (Phi) is 7.61. The van der Waals surface area contributed by atoms with E-state index in [-0.39, 0.29) is 30.8 Å². The summed E-state index contributed by atoms with van der Waals surface area (Å²) in [5.41, 5.74) is -0.977. The maximum atomic E-state index is 14.3. The average Bonchev–Trinajstić information content (AvgIpc) is 3.16. The van der Waals surface area contributed by atoms with Gasteiger partial charge in [-0.05, 0) is 45.7 Å². The highest BCUT2D eigenvalue weighted by atomic mass is 19.4. The molecular weight excluding hydrogens is 494 g/mol. The zero-order valence-corrected chi connectivity index (χ0v) is 20.0. The number of aromatic nitrogens is 2. The number of hydrogen-bond acceptors (Lipinski definition) is 4.